The molecule has 4 aromatic rings. The van der Waals surface area contributed by atoms with Crippen LogP contribution in [0.3, 0.4) is 0 Å². The molecule has 1 unspecified atom stereocenters. The monoisotopic (exact) mass is 561 g/mol. The van der Waals surface area contributed by atoms with Crippen molar-refractivity contribution in [2.24, 2.45) is 0 Å². The fourth-order valence-corrected chi connectivity index (χ4v) is 5.20. The van der Waals surface area contributed by atoms with Gasteiger partial charge in [0.1, 0.15) is 23.9 Å². The van der Waals surface area contributed by atoms with Gasteiger partial charge in [0.2, 0.25) is 0 Å². The number of ketones is 1. The summed E-state index contributed by atoms with van der Waals surface area (Å²) in [5.74, 6) is 0.00546. The fraction of sp³-hybridized carbons (Fsp3) is 0.222. The molecule has 0 saturated carbocycles. The van der Waals surface area contributed by atoms with E-state index in [0.717, 1.165) is 22.3 Å². The van der Waals surface area contributed by atoms with Crippen molar-refractivity contribution >= 4 is 23.1 Å². The average molecular weight is 562 g/mol. The molecular formula is C36H35NO5. The molecule has 1 fully saturated rings. The Morgan fingerprint density at radius 2 is 1.57 bits per heavy atom. The van der Waals surface area contributed by atoms with Crippen LogP contribution in [0.1, 0.15) is 60.5 Å². The maximum absolute atomic E-state index is 13.6. The highest BCUT2D eigenvalue weighted by molar-refractivity contribution is 6.51. The lowest BCUT2D eigenvalue weighted by atomic mass is 9.92. The number of carbonyl (C=O) groups is 2. The summed E-state index contributed by atoms with van der Waals surface area (Å²) in [7, 11) is 0. The quantitative estimate of drug-likeness (QED) is 0.129. The van der Waals surface area contributed by atoms with Crippen molar-refractivity contribution in [3.05, 3.63) is 130 Å². The highest BCUT2D eigenvalue weighted by Crippen LogP contribution is 2.43. The smallest absolute Gasteiger partial charge is 0.300 e. The lowest BCUT2D eigenvalue weighted by Crippen LogP contribution is -2.29. The number of Topliss-reactive ketones (excluding diaryl/α,β-unsaturated/α-hetero) is 1. The molecule has 42 heavy (non-hydrogen) atoms. The SMILES string of the molecule is CCOc1ccc(N2C(=O)C(=O)/C(=C(\O)c3ccc(OCc4ccccc4)c(C)c3)C2c2ccc(C(C)C)cc2)cc1. The molecule has 5 rings (SSSR count). The van der Waals surface area contributed by atoms with E-state index in [1.54, 1.807) is 42.5 Å². The van der Waals surface area contributed by atoms with Crippen LogP contribution in [0.25, 0.3) is 5.76 Å². The number of ether oxygens (including phenoxy) is 2. The number of aryl methyl sites for hydroxylation is 1. The number of aliphatic hydroxyl groups excluding tert-OH is 1. The first-order valence-corrected chi connectivity index (χ1v) is 14.2. The molecule has 1 N–H and O–H groups in total. The van der Waals surface area contributed by atoms with E-state index >= 15 is 0 Å². The van der Waals surface area contributed by atoms with Crippen molar-refractivity contribution in [1.82, 2.24) is 0 Å². The summed E-state index contributed by atoms with van der Waals surface area (Å²) >= 11 is 0. The van der Waals surface area contributed by atoms with Crippen LogP contribution < -0.4 is 14.4 Å². The number of anilines is 1. The Bertz CT molecular complexity index is 1610. The predicted octanol–water partition coefficient (Wildman–Crippen LogP) is 7.72. The second-order valence-corrected chi connectivity index (χ2v) is 10.7. The van der Waals surface area contributed by atoms with E-state index in [0.29, 0.717) is 41.9 Å². The molecule has 214 valence electrons. The molecule has 4 aromatic carbocycles. The molecule has 0 spiro atoms. The van der Waals surface area contributed by atoms with E-state index in [1.807, 2.05) is 68.4 Å². The van der Waals surface area contributed by atoms with Crippen LogP contribution in [-0.4, -0.2) is 23.4 Å². The van der Waals surface area contributed by atoms with E-state index < -0.39 is 17.7 Å². The molecular weight excluding hydrogens is 526 g/mol. The van der Waals surface area contributed by atoms with Crippen molar-refractivity contribution < 1.29 is 24.2 Å². The molecule has 6 heteroatoms. The maximum atomic E-state index is 13.6. The third-order valence-electron chi connectivity index (χ3n) is 7.47. The first-order valence-electron chi connectivity index (χ1n) is 14.2. The normalized spacial score (nSPS) is 16.2. The van der Waals surface area contributed by atoms with Crippen LogP contribution in [0.4, 0.5) is 5.69 Å². The molecule has 1 amide bonds. The van der Waals surface area contributed by atoms with Crippen molar-refractivity contribution in [2.45, 2.75) is 46.3 Å². The standard InChI is InChI=1S/C36H35NO5/c1-5-41-30-18-16-29(17-19-30)37-33(27-13-11-26(12-14-27)23(2)3)32(35(39)36(37)40)34(38)28-15-20-31(24(4)21-28)42-22-25-9-7-6-8-10-25/h6-21,23,33,38H,5,22H2,1-4H3/b34-32-. The summed E-state index contributed by atoms with van der Waals surface area (Å²) in [4.78, 5) is 28.6. The summed E-state index contributed by atoms with van der Waals surface area (Å²) in [5.41, 5.74) is 4.73. The van der Waals surface area contributed by atoms with Gasteiger partial charge in [-0.1, -0.05) is 68.4 Å². The summed E-state index contributed by atoms with van der Waals surface area (Å²) in [6.45, 7) is 8.93. The molecule has 0 aromatic heterocycles. The Balaban J connectivity index is 1.55. The zero-order valence-electron chi connectivity index (χ0n) is 24.3. The van der Waals surface area contributed by atoms with Gasteiger partial charge in [-0.15, -0.1) is 0 Å². The van der Waals surface area contributed by atoms with Crippen LogP contribution in [0.15, 0.2) is 103 Å². The van der Waals surface area contributed by atoms with E-state index in [4.69, 9.17) is 9.47 Å². The first-order chi connectivity index (χ1) is 20.3. The molecule has 1 saturated heterocycles. The van der Waals surface area contributed by atoms with Crippen molar-refractivity contribution in [2.75, 3.05) is 11.5 Å². The Morgan fingerprint density at radius 1 is 0.881 bits per heavy atom. The number of amides is 1. The van der Waals surface area contributed by atoms with Crippen LogP contribution in [0.5, 0.6) is 11.5 Å². The summed E-state index contributed by atoms with van der Waals surface area (Å²) < 4.78 is 11.6. The van der Waals surface area contributed by atoms with Gasteiger partial charge in [-0.05, 0) is 84.5 Å². The van der Waals surface area contributed by atoms with Crippen molar-refractivity contribution in [1.29, 1.82) is 0 Å². The lowest BCUT2D eigenvalue weighted by molar-refractivity contribution is -0.132. The molecule has 1 heterocycles. The number of nitrogens with zero attached hydrogens (tertiary/aromatic N) is 1. The molecule has 0 radical (unpaired) electrons. The predicted molar refractivity (Wildman–Crippen MR) is 165 cm³/mol. The van der Waals surface area contributed by atoms with E-state index in [2.05, 4.69) is 13.8 Å². The minimum Gasteiger partial charge on any atom is -0.507 e. The van der Waals surface area contributed by atoms with Crippen molar-refractivity contribution in [3.63, 3.8) is 0 Å². The second-order valence-electron chi connectivity index (χ2n) is 10.7. The van der Waals surface area contributed by atoms with Crippen LogP contribution in [0, 0.1) is 6.92 Å². The zero-order chi connectivity index (χ0) is 29.8. The third kappa shape index (κ3) is 5.79. The lowest BCUT2D eigenvalue weighted by Gasteiger charge is -2.26. The topological polar surface area (TPSA) is 76.1 Å². The largest absolute Gasteiger partial charge is 0.507 e. The molecule has 0 bridgehead atoms. The maximum Gasteiger partial charge on any atom is 0.300 e. The first kappa shape index (κ1) is 28.7. The Kier molecular flexibility index (Phi) is 8.43. The minimum absolute atomic E-state index is 0.0449. The molecule has 0 aliphatic carbocycles. The van der Waals surface area contributed by atoms with Crippen LogP contribution >= 0.6 is 0 Å². The molecule has 6 nitrogen and oxygen atoms in total. The molecule has 1 aliphatic rings. The Hall–Kier alpha value is -4.84. The molecule has 1 aliphatic heterocycles. The zero-order valence-corrected chi connectivity index (χ0v) is 24.3. The summed E-state index contributed by atoms with van der Waals surface area (Å²) in [5, 5.41) is 11.6. The Labute approximate surface area is 246 Å². The number of rotatable bonds is 9. The van der Waals surface area contributed by atoms with Gasteiger partial charge in [-0.2, -0.15) is 0 Å². The van der Waals surface area contributed by atoms with Gasteiger partial charge in [-0.25, -0.2) is 0 Å². The van der Waals surface area contributed by atoms with Gasteiger partial charge in [0.05, 0.1) is 18.2 Å². The van der Waals surface area contributed by atoms with E-state index in [-0.39, 0.29) is 11.3 Å². The number of hydrogen-bond donors (Lipinski definition) is 1. The minimum atomic E-state index is -0.807. The van der Waals surface area contributed by atoms with E-state index in [1.165, 1.54) is 4.90 Å². The number of aliphatic hydroxyl groups is 1. The van der Waals surface area contributed by atoms with Crippen LogP contribution in [0.2, 0.25) is 0 Å². The third-order valence-corrected chi connectivity index (χ3v) is 7.47. The summed E-state index contributed by atoms with van der Waals surface area (Å²) in [6.07, 6.45) is 0. The van der Waals surface area contributed by atoms with Crippen LogP contribution in [-0.2, 0) is 16.2 Å². The fourth-order valence-electron chi connectivity index (χ4n) is 5.20. The highest BCUT2D eigenvalue weighted by atomic mass is 16.5. The van der Waals surface area contributed by atoms with Gasteiger partial charge < -0.3 is 14.6 Å². The average Bonchev–Trinajstić information content (AvgIpc) is 3.27. The van der Waals surface area contributed by atoms with E-state index in [9.17, 15) is 14.7 Å². The number of benzene rings is 4. The highest BCUT2D eigenvalue weighted by Gasteiger charge is 2.47. The van der Waals surface area contributed by atoms with Gasteiger partial charge in [0.25, 0.3) is 11.7 Å². The second kappa shape index (κ2) is 12.4. The summed E-state index contributed by atoms with van der Waals surface area (Å²) in [6, 6.07) is 29.2. The number of carbonyl (C=O) groups excluding carboxylic acids is 2. The van der Waals surface area contributed by atoms with Gasteiger partial charge in [0.15, 0.2) is 0 Å². The number of hydrogen-bond acceptors (Lipinski definition) is 5. The Morgan fingerprint density at radius 3 is 2.19 bits per heavy atom. The molecule has 1 atom stereocenters. The van der Waals surface area contributed by atoms with Gasteiger partial charge >= 0.3 is 0 Å². The van der Waals surface area contributed by atoms with Crippen molar-refractivity contribution in [3.8, 4) is 11.5 Å². The van der Waals surface area contributed by atoms with Gasteiger partial charge in [-0.3, -0.25) is 14.5 Å². The van der Waals surface area contributed by atoms with Gasteiger partial charge in [0, 0.05) is 11.3 Å².